The van der Waals surface area contributed by atoms with Gasteiger partial charge in [0.15, 0.2) is 0 Å². The van der Waals surface area contributed by atoms with Gasteiger partial charge in [-0.2, -0.15) is 10.2 Å². The zero-order valence-corrected chi connectivity index (χ0v) is 9.81. The Morgan fingerprint density at radius 2 is 1.89 bits per heavy atom. The van der Waals surface area contributed by atoms with Crippen LogP contribution in [0.3, 0.4) is 0 Å². The molecule has 0 aliphatic rings. The van der Waals surface area contributed by atoms with Crippen molar-refractivity contribution in [1.29, 1.82) is 0 Å². The monoisotopic (exact) mass is 261 g/mol. The molecule has 0 atom stereocenters. The third-order valence-electron chi connectivity index (χ3n) is 2.27. The van der Waals surface area contributed by atoms with Gasteiger partial charge < -0.3 is 5.32 Å². The van der Waals surface area contributed by atoms with Gasteiger partial charge in [-0.15, -0.1) is 0 Å². The van der Waals surface area contributed by atoms with Gasteiger partial charge in [0, 0.05) is 18.0 Å². The van der Waals surface area contributed by atoms with E-state index in [1.54, 1.807) is 31.0 Å². The zero-order valence-electron chi connectivity index (χ0n) is 9.05. The highest BCUT2D eigenvalue weighted by atomic mass is 35.5. The lowest BCUT2D eigenvalue weighted by molar-refractivity contribution is 1.09. The van der Waals surface area contributed by atoms with E-state index in [1.807, 2.05) is 0 Å². The second-order valence-corrected chi connectivity index (χ2v) is 3.90. The fraction of sp³-hybridized carbons (Fsp3) is 0. The lowest BCUT2D eigenvalue weighted by Crippen LogP contribution is -1.97. The van der Waals surface area contributed by atoms with Crippen molar-refractivity contribution in [2.45, 2.75) is 0 Å². The van der Waals surface area contributed by atoms with E-state index >= 15 is 0 Å². The van der Waals surface area contributed by atoms with Crippen LogP contribution in [0.25, 0.3) is 11.3 Å². The molecule has 0 unspecified atom stereocenters. The first-order chi connectivity index (χ1) is 8.83. The Morgan fingerprint density at radius 1 is 1.06 bits per heavy atom. The van der Waals surface area contributed by atoms with E-state index in [2.05, 4.69) is 35.7 Å². The molecule has 0 aromatic carbocycles. The molecule has 3 rings (SSSR count). The summed E-state index contributed by atoms with van der Waals surface area (Å²) in [4.78, 5) is 8.43. The molecule has 0 amide bonds. The molecular formula is C10H8ClN7. The first-order valence-electron chi connectivity index (χ1n) is 5.10. The van der Waals surface area contributed by atoms with Crippen LogP contribution in [0.1, 0.15) is 0 Å². The van der Waals surface area contributed by atoms with Crippen LogP contribution in [0.5, 0.6) is 0 Å². The first-order valence-corrected chi connectivity index (χ1v) is 5.48. The largest absolute Gasteiger partial charge is 0.321 e. The van der Waals surface area contributed by atoms with E-state index in [9.17, 15) is 0 Å². The minimum absolute atomic E-state index is 0.442. The minimum Gasteiger partial charge on any atom is -0.321 e. The highest BCUT2D eigenvalue weighted by molar-refractivity contribution is 6.32. The number of H-pyrrole nitrogens is 2. The summed E-state index contributed by atoms with van der Waals surface area (Å²) in [5.74, 6) is 0.442. The van der Waals surface area contributed by atoms with Crippen molar-refractivity contribution in [3.63, 3.8) is 0 Å². The van der Waals surface area contributed by atoms with Crippen LogP contribution in [0, 0.1) is 0 Å². The Hall–Kier alpha value is -2.41. The average Bonchev–Trinajstić information content (AvgIpc) is 3.04. The van der Waals surface area contributed by atoms with Gasteiger partial charge >= 0.3 is 0 Å². The summed E-state index contributed by atoms with van der Waals surface area (Å²) in [7, 11) is 0. The molecule has 0 spiro atoms. The second-order valence-electron chi connectivity index (χ2n) is 3.49. The molecule has 3 aromatic heterocycles. The van der Waals surface area contributed by atoms with Crippen molar-refractivity contribution >= 4 is 23.2 Å². The van der Waals surface area contributed by atoms with Gasteiger partial charge in [0.05, 0.1) is 35.0 Å². The molecule has 8 heteroatoms. The second kappa shape index (κ2) is 4.46. The Kier molecular flexibility index (Phi) is 2.66. The minimum atomic E-state index is 0.442. The quantitative estimate of drug-likeness (QED) is 0.670. The van der Waals surface area contributed by atoms with E-state index in [-0.39, 0.29) is 0 Å². The van der Waals surface area contributed by atoms with E-state index in [1.165, 1.54) is 0 Å². The number of rotatable bonds is 3. The van der Waals surface area contributed by atoms with Crippen molar-refractivity contribution in [2.24, 2.45) is 0 Å². The Labute approximate surface area is 107 Å². The average molecular weight is 262 g/mol. The molecule has 0 fully saturated rings. The molecule has 7 nitrogen and oxygen atoms in total. The number of halogens is 1. The summed E-state index contributed by atoms with van der Waals surface area (Å²) < 4.78 is 0. The van der Waals surface area contributed by atoms with Gasteiger partial charge in [0.25, 0.3) is 0 Å². The van der Waals surface area contributed by atoms with E-state index < -0.39 is 0 Å². The number of nitrogens with zero attached hydrogens (tertiary/aromatic N) is 4. The molecule has 0 saturated carbocycles. The van der Waals surface area contributed by atoms with Crippen LogP contribution in [-0.4, -0.2) is 30.4 Å². The van der Waals surface area contributed by atoms with Gasteiger partial charge in [-0.3, -0.25) is 10.2 Å². The highest BCUT2D eigenvalue weighted by Crippen LogP contribution is 2.25. The molecule has 3 N–H and O–H groups in total. The Balaban J connectivity index is 1.96. The highest BCUT2D eigenvalue weighted by Gasteiger charge is 2.09. The van der Waals surface area contributed by atoms with Gasteiger partial charge in [0.1, 0.15) is 0 Å². The topological polar surface area (TPSA) is 95.2 Å². The van der Waals surface area contributed by atoms with Crippen LogP contribution in [0.15, 0.2) is 31.0 Å². The number of nitrogens with one attached hydrogen (secondary N) is 3. The molecule has 0 aliphatic heterocycles. The van der Waals surface area contributed by atoms with Crippen molar-refractivity contribution in [2.75, 3.05) is 5.32 Å². The van der Waals surface area contributed by atoms with Crippen molar-refractivity contribution < 1.29 is 0 Å². The fourth-order valence-corrected chi connectivity index (χ4v) is 1.66. The van der Waals surface area contributed by atoms with Gasteiger partial charge in [-0.1, -0.05) is 11.6 Å². The number of aromatic amines is 2. The predicted molar refractivity (Wildman–Crippen MR) is 66.5 cm³/mol. The van der Waals surface area contributed by atoms with E-state index in [0.717, 1.165) is 11.3 Å². The zero-order chi connectivity index (χ0) is 12.4. The Bertz CT molecular complexity index is 632. The number of anilines is 2. The molecule has 3 aromatic rings. The fourth-order valence-electron chi connectivity index (χ4n) is 1.46. The summed E-state index contributed by atoms with van der Waals surface area (Å²) in [5.41, 5.74) is 2.19. The molecular weight excluding hydrogens is 254 g/mol. The van der Waals surface area contributed by atoms with Crippen molar-refractivity contribution in [3.05, 3.63) is 36.0 Å². The maximum absolute atomic E-state index is 6.06. The molecule has 0 saturated heterocycles. The predicted octanol–water partition coefficient (Wildman–Crippen LogP) is 1.99. The Morgan fingerprint density at radius 3 is 2.61 bits per heavy atom. The van der Waals surface area contributed by atoms with Gasteiger partial charge in [-0.05, 0) is 0 Å². The molecule has 18 heavy (non-hydrogen) atoms. The van der Waals surface area contributed by atoms with Crippen LogP contribution < -0.4 is 5.32 Å². The smallest absolute Gasteiger partial charge is 0.227 e. The standard InChI is InChI=1S/C10H8ClN7/c11-8-5-12-10(17-7-3-15-16-4-7)18-9(8)6-1-13-14-2-6/h1-5H,(H,13,14)(H,15,16)(H,12,17,18). The first kappa shape index (κ1) is 10.7. The summed E-state index contributed by atoms with van der Waals surface area (Å²) in [6, 6.07) is 0. The molecule has 3 heterocycles. The van der Waals surface area contributed by atoms with E-state index in [4.69, 9.17) is 11.6 Å². The SMILES string of the molecule is Clc1cnc(Nc2cn[nH]c2)nc1-c1cn[nH]c1. The summed E-state index contributed by atoms with van der Waals surface area (Å²) in [5, 5.41) is 16.6. The third-order valence-corrected chi connectivity index (χ3v) is 2.55. The lowest BCUT2D eigenvalue weighted by atomic mass is 10.2. The van der Waals surface area contributed by atoms with Crippen LogP contribution in [0.4, 0.5) is 11.6 Å². The molecule has 0 bridgehead atoms. The normalized spacial score (nSPS) is 10.5. The summed E-state index contributed by atoms with van der Waals surface area (Å²) >= 11 is 6.06. The third kappa shape index (κ3) is 2.03. The van der Waals surface area contributed by atoms with Gasteiger partial charge in [0.2, 0.25) is 5.95 Å². The van der Waals surface area contributed by atoms with Crippen molar-refractivity contribution in [3.8, 4) is 11.3 Å². The molecule has 0 radical (unpaired) electrons. The van der Waals surface area contributed by atoms with Crippen molar-refractivity contribution in [1.82, 2.24) is 30.4 Å². The van der Waals surface area contributed by atoms with Crippen LogP contribution in [0.2, 0.25) is 5.02 Å². The van der Waals surface area contributed by atoms with Crippen LogP contribution >= 0.6 is 11.6 Å². The van der Waals surface area contributed by atoms with Crippen LogP contribution in [-0.2, 0) is 0 Å². The van der Waals surface area contributed by atoms with Gasteiger partial charge in [-0.25, -0.2) is 9.97 Å². The number of hydrogen-bond acceptors (Lipinski definition) is 5. The summed E-state index contributed by atoms with van der Waals surface area (Å²) in [6.45, 7) is 0. The molecule has 90 valence electrons. The lowest BCUT2D eigenvalue weighted by Gasteiger charge is -2.04. The maximum Gasteiger partial charge on any atom is 0.227 e. The number of aromatic nitrogens is 6. The molecule has 0 aliphatic carbocycles. The summed E-state index contributed by atoms with van der Waals surface area (Å²) in [6.07, 6.45) is 8.25. The number of hydrogen-bond donors (Lipinski definition) is 3. The maximum atomic E-state index is 6.06. The van der Waals surface area contributed by atoms with E-state index in [0.29, 0.717) is 16.7 Å².